The molecule has 2 saturated carbocycles. The van der Waals surface area contributed by atoms with Crippen molar-refractivity contribution in [3.05, 3.63) is 28.8 Å². The quantitative estimate of drug-likeness (QED) is 0.559. The Morgan fingerprint density at radius 3 is 2.04 bits per heavy atom. The van der Waals surface area contributed by atoms with Crippen molar-refractivity contribution in [2.24, 2.45) is 0 Å². The molecule has 0 aliphatic heterocycles. The fourth-order valence-corrected chi connectivity index (χ4v) is 5.34. The van der Waals surface area contributed by atoms with Crippen LogP contribution in [0.15, 0.2) is 12.1 Å². The van der Waals surface area contributed by atoms with Gasteiger partial charge in [-0.15, -0.1) is 0 Å². The van der Waals surface area contributed by atoms with Crippen molar-refractivity contribution in [2.75, 3.05) is 0 Å². The van der Waals surface area contributed by atoms with Crippen molar-refractivity contribution in [3.63, 3.8) is 0 Å². The Labute approximate surface area is 155 Å². The lowest BCUT2D eigenvalue weighted by molar-refractivity contribution is 0.402. The zero-order chi connectivity index (χ0) is 17.6. The van der Waals surface area contributed by atoms with Gasteiger partial charge in [0.25, 0.3) is 0 Å². The highest BCUT2D eigenvalue weighted by Crippen LogP contribution is 2.45. The second kappa shape index (κ2) is 9.10. The van der Waals surface area contributed by atoms with E-state index in [4.69, 9.17) is 0 Å². The maximum Gasteiger partial charge on any atom is 0.122 e. The molecule has 1 aromatic carbocycles. The lowest BCUT2D eigenvalue weighted by atomic mass is 9.77. The molecular formula is C24H38O. The molecule has 140 valence electrons. The SMILES string of the molecule is CCCC(CC)c1cc(C2CCCCC2)cc(C2CCCCC2)c1O. The van der Waals surface area contributed by atoms with Crippen LogP contribution in [0.2, 0.25) is 0 Å². The molecule has 2 fully saturated rings. The summed E-state index contributed by atoms with van der Waals surface area (Å²) in [5.74, 6) is 2.51. The van der Waals surface area contributed by atoms with Gasteiger partial charge in [-0.05, 0) is 73.0 Å². The molecule has 0 spiro atoms. The number of rotatable bonds is 6. The van der Waals surface area contributed by atoms with Crippen LogP contribution in [-0.4, -0.2) is 5.11 Å². The second-order valence-corrected chi connectivity index (χ2v) is 8.61. The van der Waals surface area contributed by atoms with Crippen LogP contribution in [0.3, 0.4) is 0 Å². The topological polar surface area (TPSA) is 20.2 Å². The van der Waals surface area contributed by atoms with E-state index in [-0.39, 0.29) is 0 Å². The van der Waals surface area contributed by atoms with Gasteiger partial charge in [0.1, 0.15) is 5.75 Å². The lowest BCUT2D eigenvalue weighted by Crippen LogP contribution is -2.11. The van der Waals surface area contributed by atoms with Crippen molar-refractivity contribution in [3.8, 4) is 5.75 Å². The van der Waals surface area contributed by atoms with Gasteiger partial charge >= 0.3 is 0 Å². The first-order valence-electron chi connectivity index (χ1n) is 11.1. The Morgan fingerprint density at radius 1 is 0.880 bits per heavy atom. The van der Waals surface area contributed by atoms with Crippen LogP contribution in [-0.2, 0) is 0 Å². The van der Waals surface area contributed by atoms with Crippen LogP contribution < -0.4 is 0 Å². The summed E-state index contributed by atoms with van der Waals surface area (Å²) in [7, 11) is 0. The lowest BCUT2D eigenvalue weighted by Gasteiger charge is -2.29. The Bertz CT molecular complexity index is 509. The van der Waals surface area contributed by atoms with E-state index in [1.807, 2.05) is 0 Å². The van der Waals surface area contributed by atoms with Gasteiger partial charge < -0.3 is 5.11 Å². The van der Waals surface area contributed by atoms with E-state index in [9.17, 15) is 5.11 Å². The highest BCUT2D eigenvalue weighted by molar-refractivity contribution is 5.48. The molecule has 25 heavy (non-hydrogen) atoms. The molecule has 1 atom stereocenters. The van der Waals surface area contributed by atoms with Gasteiger partial charge in [0.05, 0.1) is 0 Å². The molecule has 1 N–H and O–H groups in total. The molecule has 2 aliphatic rings. The minimum absolute atomic E-state index is 0.524. The highest BCUT2D eigenvalue weighted by atomic mass is 16.3. The minimum atomic E-state index is 0.524. The fraction of sp³-hybridized carbons (Fsp3) is 0.750. The number of hydrogen-bond acceptors (Lipinski definition) is 1. The molecule has 0 aromatic heterocycles. The van der Waals surface area contributed by atoms with Crippen LogP contribution in [0.5, 0.6) is 5.75 Å². The van der Waals surface area contributed by atoms with Crippen LogP contribution in [0.4, 0.5) is 0 Å². The fourth-order valence-electron chi connectivity index (χ4n) is 5.34. The molecule has 1 nitrogen and oxygen atoms in total. The van der Waals surface area contributed by atoms with Crippen molar-refractivity contribution in [2.45, 2.75) is 115 Å². The van der Waals surface area contributed by atoms with E-state index in [0.717, 1.165) is 12.3 Å². The van der Waals surface area contributed by atoms with E-state index in [2.05, 4.69) is 26.0 Å². The summed E-state index contributed by atoms with van der Waals surface area (Å²) in [5.41, 5.74) is 4.11. The van der Waals surface area contributed by atoms with Crippen LogP contribution >= 0.6 is 0 Å². The molecule has 0 saturated heterocycles. The number of phenolic OH excluding ortho intramolecular Hbond substituents is 1. The number of aromatic hydroxyl groups is 1. The Kier molecular flexibility index (Phi) is 6.84. The summed E-state index contributed by atoms with van der Waals surface area (Å²) in [5, 5.41) is 11.2. The second-order valence-electron chi connectivity index (χ2n) is 8.61. The van der Waals surface area contributed by atoms with Gasteiger partial charge in [-0.2, -0.15) is 0 Å². The van der Waals surface area contributed by atoms with E-state index in [1.165, 1.54) is 88.2 Å². The number of phenols is 1. The maximum atomic E-state index is 11.2. The van der Waals surface area contributed by atoms with Gasteiger partial charge in [0.15, 0.2) is 0 Å². The first-order chi connectivity index (χ1) is 12.2. The van der Waals surface area contributed by atoms with Crippen molar-refractivity contribution in [1.82, 2.24) is 0 Å². The average Bonchev–Trinajstić information content (AvgIpc) is 2.68. The first kappa shape index (κ1) is 18.8. The van der Waals surface area contributed by atoms with Crippen LogP contribution in [0.25, 0.3) is 0 Å². The molecule has 0 bridgehead atoms. The molecule has 1 aromatic rings. The van der Waals surface area contributed by atoms with Gasteiger partial charge in [-0.3, -0.25) is 0 Å². The number of benzene rings is 1. The molecule has 0 amide bonds. The summed E-state index contributed by atoms with van der Waals surface area (Å²) in [6, 6.07) is 4.82. The molecule has 2 aliphatic carbocycles. The summed E-state index contributed by atoms with van der Waals surface area (Å²) in [6.07, 6.45) is 17.0. The Morgan fingerprint density at radius 2 is 1.48 bits per heavy atom. The molecule has 1 heteroatoms. The summed E-state index contributed by atoms with van der Waals surface area (Å²) >= 11 is 0. The van der Waals surface area contributed by atoms with E-state index in [1.54, 1.807) is 5.56 Å². The van der Waals surface area contributed by atoms with E-state index < -0.39 is 0 Å². The zero-order valence-corrected chi connectivity index (χ0v) is 16.5. The monoisotopic (exact) mass is 342 g/mol. The smallest absolute Gasteiger partial charge is 0.122 e. The summed E-state index contributed by atoms with van der Waals surface area (Å²) < 4.78 is 0. The minimum Gasteiger partial charge on any atom is -0.507 e. The standard InChI is InChI=1S/C24H38O/c1-3-11-18(4-2)22-16-21(19-12-7-5-8-13-19)17-23(24(22)25)20-14-9-6-10-15-20/h16-20,25H,3-15H2,1-2H3. The first-order valence-corrected chi connectivity index (χ1v) is 11.1. The third-order valence-electron chi connectivity index (χ3n) is 6.88. The van der Waals surface area contributed by atoms with E-state index >= 15 is 0 Å². The molecule has 3 rings (SSSR count). The van der Waals surface area contributed by atoms with Gasteiger partial charge in [-0.25, -0.2) is 0 Å². The van der Waals surface area contributed by atoms with Crippen molar-refractivity contribution in [1.29, 1.82) is 0 Å². The predicted molar refractivity (Wildman–Crippen MR) is 108 cm³/mol. The van der Waals surface area contributed by atoms with Gasteiger partial charge in [-0.1, -0.05) is 70.9 Å². The van der Waals surface area contributed by atoms with Crippen LogP contribution in [0, 0.1) is 0 Å². The molecule has 0 heterocycles. The normalized spacial score (nSPS) is 21.4. The molecule has 1 unspecified atom stereocenters. The van der Waals surface area contributed by atoms with Crippen molar-refractivity contribution >= 4 is 0 Å². The van der Waals surface area contributed by atoms with Crippen molar-refractivity contribution < 1.29 is 5.11 Å². The Balaban J connectivity index is 1.99. The van der Waals surface area contributed by atoms with Gasteiger partial charge in [0.2, 0.25) is 0 Å². The predicted octanol–water partition coefficient (Wildman–Crippen LogP) is 7.78. The Hall–Kier alpha value is -0.980. The molecule has 0 radical (unpaired) electrons. The molecular weight excluding hydrogens is 304 g/mol. The third kappa shape index (κ3) is 4.41. The zero-order valence-electron chi connectivity index (χ0n) is 16.5. The summed E-state index contributed by atoms with van der Waals surface area (Å²) in [6.45, 7) is 4.56. The maximum absolute atomic E-state index is 11.2. The number of hydrogen-bond donors (Lipinski definition) is 1. The summed E-state index contributed by atoms with van der Waals surface area (Å²) in [4.78, 5) is 0. The highest BCUT2D eigenvalue weighted by Gasteiger charge is 2.26. The largest absolute Gasteiger partial charge is 0.507 e. The third-order valence-corrected chi connectivity index (χ3v) is 6.88. The van der Waals surface area contributed by atoms with Gasteiger partial charge in [0, 0.05) is 0 Å². The van der Waals surface area contributed by atoms with Crippen LogP contribution in [0.1, 0.15) is 132 Å². The van der Waals surface area contributed by atoms with E-state index in [0.29, 0.717) is 17.6 Å². The average molecular weight is 343 g/mol.